The molecule has 1 aromatic heterocycles. The van der Waals surface area contributed by atoms with Gasteiger partial charge in [0.2, 0.25) is 0 Å². The molecule has 2 rings (SSSR count). The minimum Gasteiger partial charge on any atom is -0.331 e. The zero-order chi connectivity index (χ0) is 13.7. The summed E-state index contributed by atoms with van der Waals surface area (Å²) in [7, 11) is 0. The Bertz CT molecular complexity index is 565. The molecular weight excluding hydrogens is 252 g/mol. The summed E-state index contributed by atoms with van der Waals surface area (Å²) in [6.45, 7) is 0.207. The molecule has 1 heterocycles. The summed E-state index contributed by atoms with van der Waals surface area (Å²) in [5.74, 6) is 0.527. The Morgan fingerprint density at radius 2 is 2.11 bits per heavy atom. The highest BCUT2D eigenvalue weighted by Gasteiger charge is 2.06. The molecule has 9 nitrogen and oxygen atoms in total. The van der Waals surface area contributed by atoms with Crippen molar-refractivity contribution in [3.63, 3.8) is 0 Å². The lowest BCUT2D eigenvalue weighted by atomic mass is 10.3. The number of nitrogens with one attached hydrogen (secondary N) is 3. The van der Waals surface area contributed by atoms with Crippen molar-refractivity contribution < 1.29 is 9.72 Å². The number of hydrogen-bond donors (Lipinski definition) is 3. The molecule has 0 atom stereocenters. The second-order valence-electron chi connectivity index (χ2n) is 3.54. The Morgan fingerprint density at radius 1 is 1.37 bits per heavy atom. The first kappa shape index (κ1) is 12.5. The van der Waals surface area contributed by atoms with Crippen LogP contribution in [0.25, 0.3) is 0 Å². The van der Waals surface area contributed by atoms with E-state index in [-0.39, 0.29) is 12.2 Å². The van der Waals surface area contributed by atoms with Gasteiger partial charge in [-0.25, -0.2) is 9.78 Å². The van der Waals surface area contributed by atoms with Gasteiger partial charge in [0.05, 0.1) is 11.5 Å². The number of benzene rings is 1. The number of H-pyrrole nitrogens is 1. The highest BCUT2D eigenvalue weighted by Crippen LogP contribution is 2.15. The van der Waals surface area contributed by atoms with Gasteiger partial charge in [0.15, 0.2) is 0 Å². The van der Waals surface area contributed by atoms with E-state index in [1.54, 1.807) is 0 Å². The van der Waals surface area contributed by atoms with Gasteiger partial charge >= 0.3 is 6.03 Å². The van der Waals surface area contributed by atoms with E-state index in [1.807, 2.05) is 0 Å². The molecule has 19 heavy (non-hydrogen) atoms. The number of rotatable bonds is 4. The van der Waals surface area contributed by atoms with Crippen LogP contribution in [0.1, 0.15) is 5.82 Å². The number of non-ortho nitro benzene ring substituents is 1. The van der Waals surface area contributed by atoms with Crippen LogP contribution < -0.4 is 10.6 Å². The third-order valence-electron chi connectivity index (χ3n) is 2.22. The molecule has 2 aromatic rings. The molecule has 0 spiro atoms. The number of nitro groups is 1. The molecule has 9 heteroatoms. The summed E-state index contributed by atoms with van der Waals surface area (Å²) in [6, 6.07) is 5.08. The molecule has 0 saturated carbocycles. The van der Waals surface area contributed by atoms with E-state index in [0.29, 0.717) is 11.5 Å². The molecule has 98 valence electrons. The summed E-state index contributed by atoms with van der Waals surface area (Å²) >= 11 is 0. The summed E-state index contributed by atoms with van der Waals surface area (Å²) < 4.78 is 0. The van der Waals surface area contributed by atoms with Gasteiger partial charge in [0.1, 0.15) is 12.2 Å². The first-order chi connectivity index (χ1) is 9.15. The Hall–Kier alpha value is -2.97. The van der Waals surface area contributed by atoms with Crippen molar-refractivity contribution in [3.8, 4) is 0 Å². The van der Waals surface area contributed by atoms with Crippen LogP contribution in [0, 0.1) is 10.1 Å². The lowest BCUT2D eigenvalue weighted by Gasteiger charge is -2.05. The van der Waals surface area contributed by atoms with Gasteiger partial charge in [-0.2, -0.15) is 5.10 Å². The van der Waals surface area contributed by atoms with Crippen molar-refractivity contribution in [1.29, 1.82) is 0 Å². The number of aromatic nitrogens is 3. The SMILES string of the molecule is O=C(NCc1ncn[nH]1)Nc1ccc([N+](=O)[O-])cc1. The molecule has 2 amide bonds. The molecule has 0 fully saturated rings. The number of carbonyl (C=O) groups excluding carboxylic acids is 1. The predicted molar refractivity (Wildman–Crippen MR) is 65.3 cm³/mol. The van der Waals surface area contributed by atoms with Gasteiger partial charge in [0.25, 0.3) is 5.69 Å². The Labute approximate surface area is 107 Å². The van der Waals surface area contributed by atoms with E-state index in [2.05, 4.69) is 25.8 Å². The predicted octanol–water partition coefficient (Wildman–Crippen LogP) is 1.03. The summed E-state index contributed by atoms with van der Waals surface area (Å²) in [5.41, 5.74) is 0.424. The summed E-state index contributed by atoms with van der Waals surface area (Å²) in [5, 5.41) is 21.8. The van der Waals surface area contributed by atoms with Crippen LogP contribution in [0.15, 0.2) is 30.6 Å². The maximum Gasteiger partial charge on any atom is 0.319 e. The van der Waals surface area contributed by atoms with Crippen LogP contribution in [-0.2, 0) is 6.54 Å². The Kier molecular flexibility index (Phi) is 3.67. The lowest BCUT2D eigenvalue weighted by Crippen LogP contribution is -2.28. The van der Waals surface area contributed by atoms with Crippen LogP contribution in [0.4, 0.5) is 16.2 Å². The van der Waals surface area contributed by atoms with Crippen molar-refractivity contribution in [1.82, 2.24) is 20.5 Å². The average molecular weight is 262 g/mol. The van der Waals surface area contributed by atoms with Crippen molar-refractivity contribution in [2.24, 2.45) is 0 Å². The number of amides is 2. The summed E-state index contributed by atoms with van der Waals surface area (Å²) in [4.78, 5) is 25.3. The van der Waals surface area contributed by atoms with E-state index >= 15 is 0 Å². The maximum absolute atomic E-state index is 11.5. The van der Waals surface area contributed by atoms with Crippen molar-refractivity contribution in [2.75, 3.05) is 5.32 Å². The number of nitrogens with zero attached hydrogens (tertiary/aromatic N) is 3. The van der Waals surface area contributed by atoms with E-state index in [1.165, 1.54) is 30.6 Å². The van der Waals surface area contributed by atoms with Crippen molar-refractivity contribution >= 4 is 17.4 Å². The Morgan fingerprint density at radius 3 is 2.68 bits per heavy atom. The fraction of sp³-hybridized carbons (Fsp3) is 0.100. The minimum absolute atomic E-state index is 0.0346. The molecule has 0 aliphatic heterocycles. The fourth-order valence-corrected chi connectivity index (χ4v) is 1.32. The number of hydrogen-bond acceptors (Lipinski definition) is 5. The van der Waals surface area contributed by atoms with Crippen LogP contribution in [-0.4, -0.2) is 26.1 Å². The number of anilines is 1. The molecule has 1 aromatic carbocycles. The van der Waals surface area contributed by atoms with Crippen molar-refractivity contribution in [2.45, 2.75) is 6.54 Å². The van der Waals surface area contributed by atoms with Gasteiger partial charge in [-0.05, 0) is 12.1 Å². The smallest absolute Gasteiger partial charge is 0.319 e. The second-order valence-corrected chi connectivity index (χ2v) is 3.54. The van der Waals surface area contributed by atoms with Gasteiger partial charge in [-0.1, -0.05) is 0 Å². The quantitative estimate of drug-likeness (QED) is 0.560. The monoisotopic (exact) mass is 262 g/mol. The molecular formula is C10H10N6O3. The highest BCUT2D eigenvalue weighted by atomic mass is 16.6. The Balaban J connectivity index is 1.86. The fourth-order valence-electron chi connectivity index (χ4n) is 1.32. The van der Waals surface area contributed by atoms with Crippen LogP contribution in [0.3, 0.4) is 0 Å². The third kappa shape index (κ3) is 3.49. The second kappa shape index (κ2) is 5.58. The number of carbonyl (C=O) groups is 1. The number of aromatic amines is 1. The minimum atomic E-state index is -0.506. The van der Waals surface area contributed by atoms with Crippen LogP contribution in [0.2, 0.25) is 0 Å². The summed E-state index contributed by atoms with van der Waals surface area (Å²) in [6.07, 6.45) is 1.34. The van der Waals surface area contributed by atoms with E-state index in [4.69, 9.17) is 0 Å². The zero-order valence-corrected chi connectivity index (χ0v) is 9.66. The van der Waals surface area contributed by atoms with Gasteiger partial charge in [-0.3, -0.25) is 15.2 Å². The molecule has 3 N–H and O–H groups in total. The van der Waals surface area contributed by atoms with E-state index < -0.39 is 11.0 Å². The maximum atomic E-state index is 11.5. The molecule has 0 radical (unpaired) electrons. The first-order valence-corrected chi connectivity index (χ1v) is 5.28. The highest BCUT2D eigenvalue weighted by molar-refractivity contribution is 5.89. The largest absolute Gasteiger partial charge is 0.331 e. The molecule has 0 aliphatic carbocycles. The van der Waals surface area contributed by atoms with Crippen LogP contribution in [0.5, 0.6) is 0 Å². The number of urea groups is 1. The lowest BCUT2D eigenvalue weighted by molar-refractivity contribution is -0.384. The molecule has 0 saturated heterocycles. The average Bonchev–Trinajstić information content (AvgIpc) is 2.90. The number of nitro benzene ring substituents is 1. The van der Waals surface area contributed by atoms with Crippen molar-refractivity contribution in [3.05, 3.63) is 46.5 Å². The topological polar surface area (TPSA) is 126 Å². The van der Waals surface area contributed by atoms with Crippen LogP contribution >= 0.6 is 0 Å². The van der Waals surface area contributed by atoms with Gasteiger partial charge < -0.3 is 10.6 Å². The van der Waals surface area contributed by atoms with Gasteiger partial charge in [-0.15, -0.1) is 0 Å². The first-order valence-electron chi connectivity index (χ1n) is 5.28. The molecule has 0 bridgehead atoms. The standard InChI is InChI=1S/C10H10N6O3/c17-10(11-5-9-12-6-13-15-9)14-7-1-3-8(4-2-7)16(18)19/h1-4,6H,5H2,(H2,11,14,17)(H,12,13,15). The third-order valence-corrected chi connectivity index (χ3v) is 2.22. The van der Waals surface area contributed by atoms with Gasteiger partial charge in [0, 0.05) is 17.8 Å². The zero-order valence-electron chi connectivity index (χ0n) is 9.66. The molecule has 0 aliphatic rings. The van der Waals surface area contributed by atoms with E-state index in [0.717, 1.165) is 0 Å². The normalized spacial score (nSPS) is 9.89. The van der Waals surface area contributed by atoms with E-state index in [9.17, 15) is 14.9 Å². The molecule has 0 unspecified atom stereocenters.